The highest BCUT2D eigenvalue weighted by atomic mass is 19.4. The molecule has 0 bridgehead atoms. The van der Waals surface area contributed by atoms with Crippen LogP contribution in [0.4, 0.5) is 13.2 Å². The summed E-state index contributed by atoms with van der Waals surface area (Å²) in [6, 6.07) is 0. The van der Waals surface area contributed by atoms with Crippen molar-refractivity contribution >= 4 is 0 Å². The minimum absolute atomic E-state index is 0.0839. The summed E-state index contributed by atoms with van der Waals surface area (Å²) in [4.78, 5) is 0. The summed E-state index contributed by atoms with van der Waals surface area (Å²) in [6.07, 6.45) is -0.712. The third-order valence-electron chi connectivity index (χ3n) is 3.09. The molecule has 90 valence electrons. The Morgan fingerprint density at radius 1 is 1.31 bits per heavy atom. The average molecular weight is 234 g/mol. The zero-order valence-electron chi connectivity index (χ0n) is 8.64. The van der Waals surface area contributed by atoms with Gasteiger partial charge >= 0.3 is 6.18 Å². The van der Waals surface area contributed by atoms with Gasteiger partial charge in [0.2, 0.25) is 0 Å². The molecule has 0 radical (unpaired) electrons. The lowest BCUT2D eigenvalue weighted by molar-refractivity contribution is -0.142. The van der Waals surface area contributed by atoms with E-state index >= 15 is 0 Å². The van der Waals surface area contributed by atoms with Crippen LogP contribution in [0.3, 0.4) is 0 Å². The molecule has 0 aromatic carbocycles. The largest absolute Gasteiger partial charge is 0.435 e. The first-order chi connectivity index (χ1) is 7.54. The molecule has 1 saturated carbocycles. The van der Waals surface area contributed by atoms with Gasteiger partial charge in [-0.25, -0.2) is 0 Å². The number of halogens is 3. The monoisotopic (exact) mass is 234 g/mol. The second kappa shape index (κ2) is 4.08. The lowest BCUT2D eigenvalue weighted by Crippen LogP contribution is -2.09. The van der Waals surface area contributed by atoms with E-state index in [4.69, 9.17) is 5.11 Å². The summed E-state index contributed by atoms with van der Waals surface area (Å²) in [5.74, 6) is 0.0887. The van der Waals surface area contributed by atoms with Crippen LogP contribution in [-0.2, 0) is 12.8 Å². The molecule has 0 spiro atoms. The Morgan fingerprint density at radius 2 is 1.94 bits per heavy atom. The van der Waals surface area contributed by atoms with Crippen LogP contribution in [0.5, 0.6) is 0 Å². The summed E-state index contributed by atoms with van der Waals surface area (Å²) in [7, 11) is 0. The van der Waals surface area contributed by atoms with E-state index in [0.29, 0.717) is 5.69 Å². The van der Waals surface area contributed by atoms with Gasteiger partial charge in [0.05, 0.1) is 6.61 Å². The van der Waals surface area contributed by atoms with E-state index in [9.17, 15) is 13.2 Å². The number of H-pyrrole nitrogens is 1. The number of nitrogens with zero attached hydrogens (tertiary/aromatic N) is 1. The Balaban J connectivity index is 2.36. The molecule has 1 aromatic heterocycles. The second-order valence-corrected chi connectivity index (χ2v) is 4.10. The lowest BCUT2D eigenvalue weighted by Gasteiger charge is -2.09. The van der Waals surface area contributed by atoms with Crippen LogP contribution in [0.25, 0.3) is 0 Å². The third-order valence-corrected chi connectivity index (χ3v) is 3.09. The topological polar surface area (TPSA) is 48.9 Å². The first-order valence-electron chi connectivity index (χ1n) is 5.29. The molecule has 6 heteroatoms. The summed E-state index contributed by atoms with van der Waals surface area (Å²) < 4.78 is 37.6. The van der Waals surface area contributed by atoms with Gasteiger partial charge in [-0.2, -0.15) is 18.3 Å². The number of aromatic amines is 1. The van der Waals surface area contributed by atoms with Crippen molar-refractivity contribution in [2.45, 2.75) is 44.4 Å². The number of hydrogen-bond donors (Lipinski definition) is 2. The van der Waals surface area contributed by atoms with E-state index in [-0.39, 0.29) is 11.5 Å². The minimum Gasteiger partial charge on any atom is -0.392 e. The molecule has 0 atom stereocenters. The van der Waals surface area contributed by atoms with E-state index in [0.717, 1.165) is 25.7 Å². The minimum atomic E-state index is -4.49. The Labute approximate surface area is 90.7 Å². The van der Waals surface area contributed by atoms with Crippen molar-refractivity contribution in [3.05, 3.63) is 17.0 Å². The standard InChI is InChI=1S/C10H13F3N2O/c11-10(12,13)9-7(5-16)8(14-15-9)6-3-1-2-4-6/h6,16H,1-5H2,(H,14,15). The molecule has 1 fully saturated rings. The third kappa shape index (κ3) is 1.93. The van der Waals surface area contributed by atoms with Crippen molar-refractivity contribution in [3.8, 4) is 0 Å². The van der Waals surface area contributed by atoms with Gasteiger partial charge in [0, 0.05) is 17.2 Å². The highest BCUT2D eigenvalue weighted by molar-refractivity contribution is 5.29. The number of aromatic nitrogens is 2. The van der Waals surface area contributed by atoms with Crippen molar-refractivity contribution in [1.82, 2.24) is 10.2 Å². The van der Waals surface area contributed by atoms with E-state index in [1.54, 1.807) is 0 Å². The van der Waals surface area contributed by atoms with Crippen LogP contribution in [0.2, 0.25) is 0 Å². The fourth-order valence-electron chi connectivity index (χ4n) is 2.33. The molecule has 1 aliphatic rings. The number of nitrogens with one attached hydrogen (secondary N) is 1. The Hall–Kier alpha value is -1.04. The van der Waals surface area contributed by atoms with E-state index in [1.165, 1.54) is 0 Å². The summed E-state index contributed by atoms with van der Waals surface area (Å²) >= 11 is 0. The maximum absolute atomic E-state index is 12.5. The fraction of sp³-hybridized carbons (Fsp3) is 0.700. The van der Waals surface area contributed by atoms with Crippen LogP contribution in [-0.4, -0.2) is 15.3 Å². The molecule has 1 aromatic rings. The zero-order chi connectivity index (χ0) is 11.8. The predicted octanol–water partition coefficient (Wildman–Crippen LogP) is 2.58. The molecule has 2 N–H and O–H groups in total. The Bertz CT molecular complexity index is 367. The lowest BCUT2D eigenvalue weighted by atomic mass is 9.99. The molecule has 0 saturated heterocycles. The summed E-state index contributed by atoms with van der Waals surface area (Å²) in [5.41, 5.74) is -0.594. The first-order valence-corrected chi connectivity index (χ1v) is 5.29. The SMILES string of the molecule is OCc1c(C(F)(F)F)n[nH]c1C1CCCC1. The van der Waals surface area contributed by atoms with Gasteiger partial charge in [-0.15, -0.1) is 0 Å². The quantitative estimate of drug-likeness (QED) is 0.826. The number of rotatable bonds is 2. The highest BCUT2D eigenvalue weighted by Crippen LogP contribution is 2.39. The van der Waals surface area contributed by atoms with Gasteiger partial charge in [0.25, 0.3) is 0 Å². The number of aliphatic hydroxyl groups excluding tert-OH is 1. The van der Waals surface area contributed by atoms with Gasteiger partial charge in [-0.05, 0) is 12.8 Å². The first kappa shape index (κ1) is 11.4. The van der Waals surface area contributed by atoms with Crippen molar-refractivity contribution in [2.75, 3.05) is 0 Å². The predicted molar refractivity (Wildman–Crippen MR) is 50.7 cm³/mol. The molecular formula is C10H13F3N2O. The van der Waals surface area contributed by atoms with Gasteiger partial charge < -0.3 is 5.11 Å². The summed E-state index contributed by atoms with van der Waals surface area (Å²) in [6.45, 7) is -0.614. The van der Waals surface area contributed by atoms with Crippen LogP contribution < -0.4 is 0 Å². The van der Waals surface area contributed by atoms with Gasteiger partial charge in [0.1, 0.15) is 0 Å². The molecule has 0 aliphatic heterocycles. The molecule has 0 amide bonds. The molecular weight excluding hydrogens is 221 g/mol. The van der Waals surface area contributed by atoms with Crippen LogP contribution in [0.15, 0.2) is 0 Å². The van der Waals surface area contributed by atoms with E-state index < -0.39 is 18.5 Å². The maximum atomic E-state index is 12.5. The van der Waals surface area contributed by atoms with Crippen molar-refractivity contribution in [3.63, 3.8) is 0 Å². The van der Waals surface area contributed by atoms with E-state index in [2.05, 4.69) is 10.2 Å². The Kier molecular flexibility index (Phi) is 2.92. The summed E-state index contributed by atoms with van der Waals surface area (Å²) in [5, 5.41) is 14.8. The van der Waals surface area contributed by atoms with Crippen molar-refractivity contribution < 1.29 is 18.3 Å². The normalized spacial score (nSPS) is 18.2. The smallest absolute Gasteiger partial charge is 0.392 e. The fourth-order valence-corrected chi connectivity index (χ4v) is 2.33. The van der Waals surface area contributed by atoms with Gasteiger partial charge in [-0.3, -0.25) is 5.10 Å². The molecule has 3 nitrogen and oxygen atoms in total. The molecule has 1 heterocycles. The molecule has 0 unspecified atom stereocenters. The molecule has 16 heavy (non-hydrogen) atoms. The average Bonchev–Trinajstić information content (AvgIpc) is 2.84. The number of hydrogen-bond acceptors (Lipinski definition) is 2. The molecule has 2 rings (SSSR count). The number of aliphatic hydroxyl groups is 1. The second-order valence-electron chi connectivity index (χ2n) is 4.10. The highest BCUT2D eigenvalue weighted by Gasteiger charge is 2.38. The van der Waals surface area contributed by atoms with Gasteiger partial charge in [-0.1, -0.05) is 12.8 Å². The number of alkyl halides is 3. The molecule has 1 aliphatic carbocycles. The van der Waals surface area contributed by atoms with Crippen molar-refractivity contribution in [1.29, 1.82) is 0 Å². The maximum Gasteiger partial charge on any atom is 0.435 e. The van der Waals surface area contributed by atoms with Crippen LogP contribution in [0.1, 0.15) is 48.6 Å². The van der Waals surface area contributed by atoms with Crippen LogP contribution in [0, 0.1) is 0 Å². The zero-order valence-corrected chi connectivity index (χ0v) is 8.64. The van der Waals surface area contributed by atoms with Gasteiger partial charge in [0.15, 0.2) is 5.69 Å². The van der Waals surface area contributed by atoms with Crippen molar-refractivity contribution in [2.24, 2.45) is 0 Å². The van der Waals surface area contributed by atoms with E-state index in [1.807, 2.05) is 0 Å². The van der Waals surface area contributed by atoms with Crippen LogP contribution >= 0.6 is 0 Å². The Morgan fingerprint density at radius 3 is 2.44 bits per heavy atom.